The molecule has 1 amide bonds. The Morgan fingerprint density at radius 2 is 2.38 bits per heavy atom. The number of halogens is 1. The summed E-state index contributed by atoms with van der Waals surface area (Å²) < 4.78 is 0. The fourth-order valence-electron chi connectivity index (χ4n) is 1.71. The van der Waals surface area contributed by atoms with Gasteiger partial charge in [0.25, 0.3) is 0 Å². The molecule has 0 saturated carbocycles. The van der Waals surface area contributed by atoms with Crippen molar-refractivity contribution in [3.63, 3.8) is 0 Å². The van der Waals surface area contributed by atoms with E-state index in [0.29, 0.717) is 5.15 Å². The highest BCUT2D eigenvalue weighted by Crippen LogP contribution is 2.18. The lowest BCUT2D eigenvalue weighted by Crippen LogP contribution is -2.30. The Bertz CT molecular complexity index is 454. The molecule has 1 fully saturated rings. The van der Waals surface area contributed by atoms with E-state index in [9.17, 15) is 4.79 Å². The fraction of sp³-hybridized carbons (Fsp3) is 0.333. The predicted molar refractivity (Wildman–Crippen MR) is 64.2 cm³/mol. The number of carbonyl (C=O) groups is 1. The van der Waals surface area contributed by atoms with Crippen LogP contribution in [0, 0.1) is 6.92 Å². The average molecular weight is 237 g/mol. The van der Waals surface area contributed by atoms with Gasteiger partial charge in [0.15, 0.2) is 0 Å². The van der Waals surface area contributed by atoms with E-state index in [1.165, 1.54) is 0 Å². The van der Waals surface area contributed by atoms with Crippen LogP contribution in [0.2, 0.25) is 5.15 Å². The first kappa shape index (κ1) is 11.1. The van der Waals surface area contributed by atoms with E-state index in [1.54, 1.807) is 6.20 Å². The van der Waals surface area contributed by atoms with E-state index in [2.05, 4.69) is 10.3 Å². The molecule has 4 heteroatoms. The second-order valence-electron chi connectivity index (χ2n) is 3.91. The molecule has 1 saturated heterocycles. The second-order valence-corrected chi connectivity index (χ2v) is 4.26. The molecule has 1 aromatic heterocycles. The van der Waals surface area contributed by atoms with Crippen LogP contribution in [0.15, 0.2) is 17.8 Å². The molecule has 84 valence electrons. The molecule has 2 heterocycles. The molecule has 0 atom stereocenters. The number of aryl methyl sites for hydroxylation is 1. The lowest BCUT2D eigenvalue weighted by atomic mass is 10.0. The van der Waals surface area contributed by atoms with E-state index in [0.717, 1.165) is 36.1 Å². The zero-order chi connectivity index (χ0) is 11.5. The number of hydrogen-bond donors (Lipinski definition) is 1. The van der Waals surface area contributed by atoms with Crippen LogP contribution in [-0.2, 0) is 4.79 Å². The number of rotatable bonds is 1. The molecule has 0 radical (unpaired) electrons. The van der Waals surface area contributed by atoms with Crippen molar-refractivity contribution in [3.05, 3.63) is 34.1 Å². The van der Waals surface area contributed by atoms with Crippen LogP contribution in [0.5, 0.6) is 0 Å². The number of hydrogen-bond acceptors (Lipinski definition) is 2. The topological polar surface area (TPSA) is 42.0 Å². The third-order valence-corrected chi connectivity index (χ3v) is 2.97. The van der Waals surface area contributed by atoms with Crippen molar-refractivity contribution in [1.29, 1.82) is 0 Å². The van der Waals surface area contributed by atoms with Gasteiger partial charge in [-0.2, -0.15) is 0 Å². The van der Waals surface area contributed by atoms with Crippen molar-refractivity contribution in [2.24, 2.45) is 0 Å². The summed E-state index contributed by atoms with van der Waals surface area (Å²) in [7, 11) is 0. The summed E-state index contributed by atoms with van der Waals surface area (Å²) in [6.45, 7) is 2.67. The molecule has 16 heavy (non-hydrogen) atoms. The van der Waals surface area contributed by atoms with Crippen molar-refractivity contribution in [3.8, 4) is 0 Å². The minimum Gasteiger partial charge on any atom is -0.352 e. The molecule has 1 N–H and O–H groups in total. The van der Waals surface area contributed by atoms with Crippen molar-refractivity contribution in [2.75, 3.05) is 6.54 Å². The third-order valence-electron chi connectivity index (χ3n) is 2.58. The van der Waals surface area contributed by atoms with Gasteiger partial charge in [-0.05, 0) is 43.0 Å². The standard InChI is InChI=1S/C12H13ClN2O/c1-8-5-9(7-15-11(8)13)6-10-3-2-4-14-12(10)16/h5-7H,2-4H2,1H3,(H,14,16)/b10-6+. The third kappa shape index (κ3) is 2.42. The largest absolute Gasteiger partial charge is 0.352 e. The summed E-state index contributed by atoms with van der Waals surface area (Å²) in [4.78, 5) is 15.6. The highest BCUT2D eigenvalue weighted by Gasteiger charge is 2.13. The summed E-state index contributed by atoms with van der Waals surface area (Å²) in [5.41, 5.74) is 2.66. The van der Waals surface area contributed by atoms with Gasteiger partial charge in [0.2, 0.25) is 5.91 Å². The van der Waals surface area contributed by atoms with Gasteiger partial charge >= 0.3 is 0 Å². The Labute approximate surface area is 99.5 Å². The molecule has 1 aromatic rings. The molecule has 1 aliphatic heterocycles. The summed E-state index contributed by atoms with van der Waals surface area (Å²) in [6.07, 6.45) is 5.39. The summed E-state index contributed by atoms with van der Waals surface area (Å²) >= 11 is 5.84. The van der Waals surface area contributed by atoms with Gasteiger partial charge in [-0.3, -0.25) is 4.79 Å². The normalized spacial score (nSPS) is 18.6. The number of aromatic nitrogens is 1. The summed E-state index contributed by atoms with van der Waals surface area (Å²) in [6, 6.07) is 1.93. The first-order valence-electron chi connectivity index (χ1n) is 5.28. The molecule has 0 bridgehead atoms. The van der Waals surface area contributed by atoms with Crippen molar-refractivity contribution in [2.45, 2.75) is 19.8 Å². The first-order valence-corrected chi connectivity index (χ1v) is 5.65. The van der Waals surface area contributed by atoms with Crippen LogP contribution in [0.25, 0.3) is 6.08 Å². The maximum Gasteiger partial charge on any atom is 0.247 e. The molecular formula is C12H13ClN2O. The Kier molecular flexibility index (Phi) is 3.25. The number of piperidine rings is 1. The molecule has 0 spiro atoms. The minimum absolute atomic E-state index is 0.0267. The lowest BCUT2D eigenvalue weighted by molar-refractivity contribution is -0.118. The minimum atomic E-state index is 0.0267. The van der Waals surface area contributed by atoms with Gasteiger partial charge in [0.1, 0.15) is 5.15 Å². The second kappa shape index (κ2) is 4.66. The van der Waals surface area contributed by atoms with Crippen LogP contribution in [-0.4, -0.2) is 17.4 Å². The van der Waals surface area contributed by atoms with E-state index >= 15 is 0 Å². The maximum atomic E-state index is 11.5. The first-order chi connectivity index (χ1) is 7.66. The molecule has 0 aliphatic carbocycles. The van der Waals surface area contributed by atoms with Gasteiger partial charge in [-0.25, -0.2) is 4.98 Å². The SMILES string of the molecule is Cc1cc(/C=C2\CCCNC2=O)cnc1Cl. The molecule has 2 rings (SSSR count). The van der Waals surface area contributed by atoms with Crippen molar-refractivity contribution >= 4 is 23.6 Å². The molecule has 0 unspecified atom stereocenters. The maximum absolute atomic E-state index is 11.5. The number of amides is 1. The average Bonchev–Trinajstić information content (AvgIpc) is 2.27. The Balaban J connectivity index is 2.27. The summed E-state index contributed by atoms with van der Waals surface area (Å²) in [5.74, 6) is 0.0267. The van der Waals surface area contributed by atoms with Crippen LogP contribution >= 0.6 is 11.6 Å². The van der Waals surface area contributed by atoms with Gasteiger partial charge in [0, 0.05) is 18.3 Å². The molecule has 0 aromatic carbocycles. The number of carbonyl (C=O) groups excluding carboxylic acids is 1. The van der Waals surface area contributed by atoms with Crippen molar-refractivity contribution < 1.29 is 4.79 Å². The zero-order valence-electron chi connectivity index (χ0n) is 9.09. The van der Waals surface area contributed by atoms with Crippen LogP contribution < -0.4 is 5.32 Å². The fourth-order valence-corrected chi connectivity index (χ4v) is 1.81. The Hall–Kier alpha value is -1.35. The molecule has 3 nitrogen and oxygen atoms in total. The highest BCUT2D eigenvalue weighted by molar-refractivity contribution is 6.30. The molecule has 1 aliphatic rings. The smallest absolute Gasteiger partial charge is 0.247 e. The van der Waals surface area contributed by atoms with Crippen LogP contribution in [0.4, 0.5) is 0 Å². The monoisotopic (exact) mass is 236 g/mol. The molecular weight excluding hydrogens is 224 g/mol. The van der Waals surface area contributed by atoms with E-state index in [1.807, 2.05) is 19.1 Å². The number of nitrogens with zero attached hydrogens (tertiary/aromatic N) is 1. The van der Waals surface area contributed by atoms with Gasteiger partial charge in [-0.15, -0.1) is 0 Å². The number of pyridine rings is 1. The van der Waals surface area contributed by atoms with Gasteiger partial charge in [-0.1, -0.05) is 11.6 Å². The predicted octanol–water partition coefficient (Wildman–Crippen LogP) is 2.34. The van der Waals surface area contributed by atoms with E-state index < -0.39 is 0 Å². The van der Waals surface area contributed by atoms with Crippen LogP contribution in [0.3, 0.4) is 0 Å². The van der Waals surface area contributed by atoms with Crippen LogP contribution in [0.1, 0.15) is 24.0 Å². The highest BCUT2D eigenvalue weighted by atomic mass is 35.5. The van der Waals surface area contributed by atoms with Gasteiger partial charge < -0.3 is 5.32 Å². The van der Waals surface area contributed by atoms with Gasteiger partial charge in [0.05, 0.1) is 0 Å². The number of nitrogens with one attached hydrogen (secondary N) is 1. The van der Waals surface area contributed by atoms with E-state index in [-0.39, 0.29) is 5.91 Å². The van der Waals surface area contributed by atoms with E-state index in [4.69, 9.17) is 11.6 Å². The van der Waals surface area contributed by atoms with Crippen molar-refractivity contribution in [1.82, 2.24) is 10.3 Å². The quantitative estimate of drug-likeness (QED) is 0.601. The zero-order valence-corrected chi connectivity index (χ0v) is 9.84. The lowest BCUT2D eigenvalue weighted by Gasteiger charge is -2.14. The summed E-state index contributed by atoms with van der Waals surface area (Å²) in [5, 5.41) is 3.33. The Morgan fingerprint density at radius 3 is 3.06 bits per heavy atom. The Morgan fingerprint density at radius 1 is 1.56 bits per heavy atom.